The number of nitrogens with one attached hydrogen (secondary N) is 2. The van der Waals surface area contributed by atoms with Crippen LogP contribution in [0, 0.1) is 5.82 Å². The third-order valence-corrected chi connectivity index (χ3v) is 3.20. The molecule has 0 aliphatic rings. The number of halogens is 1. The van der Waals surface area contributed by atoms with Crippen LogP contribution >= 0.6 is 11.5 Å². The Kier molecular flexibility index (Phi) is 1.75. The average molecular weight is 236 g/mol. The van der Waals surface area contributed by atoms with E-state index in [-0.39, 0.29) is 10.8 Å². The van der Waals surface area contributed by atoms with E-state index in [0.717, 1.165) is 17.6 Å². The molecule has 2 aromatic heterocycles. The average Bonchev–Trinajstić information content (AvgIpc) is 2.62. The van der Waals surface area contributed by atoms with E-state index in [2.05, 4.69) is 9.36 Å². The van der Waals surface area contributed by atoms with Crippen LogP contribution in [0.3, 0.4) is 0 Å². The summed E-state index contributed by atoms with van der Waals surface area (Å²) in [5.74, 6) is -0.496. The van der Waals surface area contributed by atoms with E-state index >= 15 is 0 Å². The van der Waals surface area contributed by atoms with Gasteiger partial charge in [-0.15, -0.1) is 0 Å². The van der Waals surface area contributed by atoms with Crippen LogP contribution in [0.15, 0.2) is 27.8 Å². The highest BCUT2D eigenvalue weighted by atomic mass is 32.1. The molecule has 0 saturated heterocycles. The Morgan fingerprint density at radius 1 is 1.25 bits per heavy atom. The zero-order valence-electron chi connectivity index (χ0n) is 7.83. The van der Waals surface area contributed by atoms with Crippen LogP contribution in [0.4, 0.5) is 4.39 Å². The molecule has 0 atom stereocenters. The molecule has 2 heterocycles. The second-order valence-corrected chi connectivity index (χ2v) is 4.20. The van der Waals surface area contributed by atoms with Crippen LogP contribution in [-0.4, -0.2) is 9.36 Å². The van der Waals surface area contributed by atoms with Gasteiger partial charge in [0.2, 0.25) is 5.43 Å². The summed E-state index contributed by atoms with van der Waals surface area (Å²) in [5, 5.41) is 0.250. The lowest BCUT2D eigenvalue weighted by molar-refractivity contribution is 0.629. The van der Waals surface area contributed by atoms with Crippen molar-refractivity contribution in [3.63, 3.8) is 0 Å². The number of hydrogen-bond acceptors (Lipinski definition) is 3. The summed E-state index contributed by atoms with van der Waals surface area (Å²) in [6, 6.07) is 3.87. The molecule has 0 saturated carbocycles. The normalized spacial score (nSPS) is 11.3. The van der Waals surface area contributed by atoms with Gasteiger partial charge in [0.1, 0.15) is 16.0 Å². The first-order chi connectivity index (χ1) is 7.66. The smallest absolute Gasteiger partial charge is 0.271 e. The Bertz CT molecular complexity index is 815. The van der Waals surface area contributed by atoms with Crippen LogP contribution in [0.2, 0.25) is 0 Å². The van der Waals surface area contributed by atoms with E-state index in [0.29, 0.717) is 10.3 Å². The standard InChI is InChI=1S/C10H5FN2O2S/c11-4-1-2-6-5(3-4)8(14)7-9(15)13-16-10(7)12-6/h1-3H,(H,12,14)(H,13,15). The molecular formula is C10H5FN2O2S. The van der Waals surface area contributed by atoms with E-state index in [9.17, 15) is 14.0 Å². The van der Waals surface area contributed by atoms with Gasteiger partial charge in [0.25, 0.3) is 5.56 Å². The van der Waals surface area contributed by atoms with Crippen molar-refractivity contribution in [1.29, 1.82) is 0 Å². The third kappa shape index (κ3) is 1.13. The maximum atomic E-state index is 13.0. The number of fused-ring (bicyclic) bond motifs is 2. The van der Waals surface area contributed by atoms with Crippen LogP contribution < -0.4 is 11.0 Å². The SMILES string of the molecule is O=c1[nH]sc2[nH]c3ccc(F)cc3c(=O)c12. The summed E-state index contributed by atoms with van der Waals surface area (Å²) in [7, 11) is 0. The summed E-state index contributed by atoms with van der Waals surface area (Å²) in [6.07, 6.45) is 0. The van der Waals surface area contributed by atoms with Gasteiger partial charge >= 0.3 is 0 Å². The first-order valence-corrected chi connectivity index (χ1v) is 5.31. The van der Waals surface area contributed by atoms with Gasteiger partial charge < -0.3 is 4.98 Å². The van der Waals surface area contributed by atoms with Crippen LogP contribution in [0.1, 0.15) is 0 Å². The molecule has 1 aromatic carbocycles. The van der Waals surface area contributed by atoms with Gasteiger partial charge in [-0.1, -0.05) is 0 Å². The van der Waals surface area contributed by atoms with Gasteiger partial charge in [0.05, 0.1) is 5.52 Å². The number of pyridine rings is 1. The first-order valence-electron chi connectivity index (χ1n) is 4.49. The van der Waals surface area contributed by atoms with Crippen molar-refractivity contribution < 1.29 is 4.39 Å². The quantitative estimate of drug-likeness (QED) is 0.622. The molecule has 16 heavy (non-hydrogen) atoms. The molecule has 4 nitrogen and oxygen atoms in total. The predicted molar refractivity (Wildman–Crippen MR) is 60.5 cm³/mol. The maximum absolute atomic E-state index is 13.0. The highest BCUT2D eigenvalue weighted by Crippen LogP contribution is 2.15. The highest BCUT2D eigenvalue weighted by molar-refractivity contribution is 7.12. The molecule has 0 unspecified atom stereocenters. The van der Waals surface area contributed by atoms with Crippen molar-refractivity contribution in [2.24, 2.45) is 0 Å². The molecule has 0 bridgehead atoms. The van der Waals surface area contributed by atoms with Crippen molar-refractivity contribution >= 4 is 32.7 Å². The molecule has 0 amide bonds. The summed E-state index contributed by atoms with van der Waals surface area (Å²) < 4.78 is 15.5. The highest BCUT2D eigenvalue weighted by Gasteiger charge is 2.10. The number of aromatic amines is 2. The number of H-pyrrole nitrogens is 2. The van der Waals surface area contributed by atoms with Gasteiger partial charge in [-0.25, -0.2) is 4.39 Å². The van der Waals surface area contributed by atoms with Gasteiger partial charge in [-0.2, -0.15) is 0 Å². The summed E-state index contributed by atoms with van der Waals surface area (Å²) in [5.41, 5.74) is -0.354. The second-order valence-electron chi connectivity index (χ2n) is 3.38. The number of aromatic nitrogens is 2. The Hall–Kier alpha value is -1.95. The Morgan fingerprint density at radius 3 is 2.88 bits per heavy atom. The van der Waals surface area contributed by atoms with Crippen molar-refractivity contribution in [3.05, 3.63) is 44.6 Å². The fourth-order valence-corrected chi connectivity index (χ4v) is 2.41. The number of rotatable bonds is 0. The van der Waals surface area contributed by atoms with E-state index < -0.39 is 16.8 Å². The first kappa shape index (κ1) is 9.29. The lowest BCUT2D eigenvalue weighted by Gasteiger charge is -1.97. The summed E-state index contributed by atoms with van der Waals surface area (Å²) >= 11 is 1.06. The molecule has 3 aromatic rings. The molecule has 0 fully saturated rings. The maximum Gasteiger partial charge on any atom is 0.271 e. The zero-order valence-corrected chi connectivity index (χ0v) is 8.65. The fourth-order valence-electron chi connectivity index (χ4n) is 1.67. The second kappa shape index (κ2) is 3.02. The zero-order chi connectivity index (χ0) is 11.3. The van der Waals surface area contributed by atoms with Crippen molar-refractivity contribution in [3.8, 4) is 0 Å². The monoisotopic (exact) mass is 236 g/mol. The number of hydrogen-bond donors (Lipinski definition) is 2. The van der Waals surface area contributed by atoms with E-state index in [4.69, 9.17) is 0 Å². The van der Waals surface area contributed by atoms with Crippen molar-refractivity contribution in [1.82, 2.24) is 9.36 Å². The molecule has 3 rings (SSSR count). The molecule has 0 aliphatic heterocycles. The summed E-state index contributed by atoms with van der Waals surface area (Å²) in [4.78, 5) is 26.7. The Labute approximate surface area is 91.5 Å². The molecule has 0 spiro atoms. The Balaban J connectivity index is 2.69. The van der Waals surface area contributed by atoms with Crippen molar-refractivity contribution in [2.75, 3.05) is 0 Å². The van der Waals surface area contributed by atoms with Gasteiger partial charge in [-0.05, 0) is 29.7 Å². The van der Waals surface area contributed by atoms with E-state index in [1.807, 2.05) is 0 Å². The predicted octanol–water partition coefficient (Wildman–Crippen LogP) is 1.57. The van der Waals surface area contributed by atoms with E-state index in [1.54, 1.807) is 0 Å². The summed E-state index contributed by atoms with van der Waals surface area (Å²) in [6.45, 7) is 0. The lowest BCUT2D eigenvalue weighted by atomic mass is 10.2. The minimum atomic E-state index is -0.496. The topological polar surface area (TPSA) is 65.7 Å². The van der Waals surface area contributed by atoms with Crippen LogP contribution in [-0.2, 0) is 0 Å². The molecule has 2 N–H and O–H groups in total. The molecule has 0 aliphatic carbocycles. The molecule has 6 heteroatoms. The van der Waals surface area contributed by atoms with Crippen molar-refractivity contribution in [2.45, 2.75) is 0 Å². The Morgan fingerprint density at radius 2 is 2.06 bits per heavy atom. The third-order valence-electron chi connectivity index (χ3n) is 2.40. The molecular weight excluding hydrogens is 231 g/mol. The molecule has 80 valence electrons. The fraction of sp³-hybridized carbons (Fsp3) is 0. The van der Waals surface area contributed by atoms with Gasteiger partial charge in [0, 0.05) is 5.39 Å². The molecule has 0 radical (unpaired) electrons. The number of benzene rings is 1. The van der Waals surface area contributed by atoms with Crippen LogP contribution in [0.5, 0.6) is 0 Å². The van der Waals surface area contributed by atoms with Gasteiger partial charge in [-0.3, -0.25) is 14.0 Å². The van der Waals surface area contributed by atoms with E-state index in [1.165, 1.54) is 12.1 Å². The lowest BCUT2D eigenvalue weighted by Crippen LogP contribution is -2.11. The van der Waals surface area contributed by atoms with Gasteiger partial charge in [0.15, 0.2) is 0 Å². The minimum absolute atomic E-state index is 0.0584. The largest absolute Gasteiger partial charge is 0.345 e. The minimum Gasteiger partial charge on any atom is -0.345 e. The van der Waals surface area contributed by atoms with Crippen LogP contribution in [0.25, 0.3) is 21.1 Å².